The Morgan fingerprint density at radius 3 is 2.69 bits per heavy atom. The van der Waals surface area contributed by atoms with Crippen LogP contribution in [0.3, 0.4) is 0 Å². The Hall–Kier alpha value is -0.160. The lowest BCUT2D eigenvalue weighted by Crippen LogP contribution is -2.24. The zero-order chi connectivity index (χ0) is 10.1. The smallest absolute Gasteiger partial charge is 0.0892 e. The molecule has 0 N–H and O–H groups in total. The fourth-order valence-electron chi connectivity index (χ4n) is 0.912. The Morgan fingerprint density at radius 2 is 2.23 bits per heavy atom. The van der Waals surface area contributed by atoms with Crippen molar-refractivity contribution >= 4 is 8.96 Å². The van der Waals surface area contributed by atoms with Gasteiger partial charge in [-0.3, -0.25) is 4.67 Å². The molecule has 2 unspecified atom stereocenters. The van der Waals surface area contributed by atoms with Gasteiger partial charge in [0.2, 0.25) is 0 Å². The summed E-state index contributed by atoms with van der Waals surface area (Å²) in [6.07, 6.45) is 1.63. The second kappa shape index (κ2) is 8.44. The summed E-state index contributed by atoms with van der Waals surface area (Å²) in [4.78, 5) is 0. The van der Waals surface area contributed by atoms with Gasteiger partial charge >= 0.3 is 0 Å². The van der Waals surface area contributed by atoms with Crippen molar-refractivity contribution < 1.29 is 4.52 Å². The minimum absolute atomic E-state index is 0.403. The lowest BCUT2D eigenvalue weighted by Gasteiger charge is -2.25. The van der Waals surface area contributed by atoms with E-state index in [4.69, 9.17) is 9.79 Å². The third-order valence-corrected chi connectivity index (χ3v) is 3.29. The summed E-state index contributed by atoms with van der Waals surface area (Å²) in [5.41, 5.74) is 0. The molecule has 0 rings (SSSR count). The second-order valence-electron chi connectivity index (χ2n) is 2.89. The van der Waals surface area contributed by atoms with E-state index in [0.717, 1.165) is 13.0 Å². The topological polar surface area (TPSA) is 36.3 Å². The number of nitrogens with zero attached hydrogens (tertiary/aromatic N) is 2. The molecule has 3 nitrogen and oxygen atoms in total. The van der Waals surface area contributed by atoms with Crippen molar-refractivity contribution in [2.24, 2.45) is 0 Å². The highest BCUT2D eigenvalue weighted by Crippen LogP contribution is 2.23. The average molecular weight is 202 g/mol. The molecule has 0 aliphatic heterocycles. The van der Waals surface area contributed by atoms with Gasteiger partial charge in [0.05, 0.1) is 28.1 Å². The highest BCUT2D eigenvalue weighted by Gasteiger charge is 2.09. The average Bonchev–Trinajstić information content (AvgIpc) is 2.17. The Morgan fingerprint density at radius 1 is 1.54 bits per heavy atom. The molecule has 0 fully saturated rings. The molecule has 0 saturated carbocycles. The number of nitriles is 1. The molecule has 0 heterocycles. The summed E-state index contributed by atoms with van der Waals surface area (Å²) < 4.78 is 7.67. The first-order valence-corrected chi connectivity index (χ1v) is 5.62. The van der Waals surface area contributed by atoms with E-state index in [2.05, 4.69) is 31.5 Å². The molecule has 0 aliphatic carbocycles. The van der Waals surface area contributed by atoms with E-state index < -0.39 is 0 Å². The third kappa shape index (κ3) is 5.99. The lowest BCUT2D eigenvalue weighted by molar-refractivity contribution is 0.296. The maximum absolute atomic E-state index is 8.30. The Labute approximate surface area is 83.0 Å². The zero-order valence-corrected chi connectivity index (χ0v) is 9.71. The van der Waals surface area contributed by atoms with E-state index in [1.54, 1.807) is 0 Å². The summed E-state index contributed by atoms with van der Waals surface area (Å²) >= 11 is 0. The van der Waals surface area contributed by atoms with Crippen LogP contribution in [-0.2, 0) is 4.52 Å². The van der Waals surface area contributed by atoms with Crippen LogP contribution < -0.4 is 0 Å². The molecule has 0 radical (unpaired) electrons. The summed E-state index contributed by atoms with van der Waals surface area (Å²) in [7, 11) is 0.403. The van der Waals surface area contributed by atoms with Gasteiger partial charge in [-0.1, -0.05) is 13.8 Å². The van der Waals surface area contributed by atoms with Crippen molar-refractivity contribution in [3.8, 4) is 6.07 Å². The fourth-order valence-corrected chi connectivity index (χ4v) is 1.76. The molecule has 0 aromatic heterocycles. The molecule has 0 amide bonds. The minimum Gasteiger partial charge on any atom is -0.345 e. The zero-order valence-electron chi connectivity index (χ0n) is 8.71. The Bertz CT molecular complexity index is 158. The van der Waals surface area contributed by atoms with Crippen LogP contribution >= 0.6 is 8.96 Å². The molecule has 0 saturated heterocycles. The van der Waals surface area contributed by atoms with E-state index in [1.807, 2.05) is 0 Å². The quantitative estimate of drug-likeness (QED) is 0.470. The second-order valence-corrected chi connectivity index (χ2v) is 3.94. The van der Waals surface area contributed by atoms with Crippen LogP contribution in [0.4, 0.5) is 0 Å². The number of hydrogen-bond donors (Lipinski definition) is 0. The molecule has 76 valence electrons. The van der Waals surface area contributed by atoms with Crippen LogP contribution in [0, 0.1) is 11.3 Å². The van der Waals surface area contributed by atoms with Gasteiger partial charge in [-0.25, -0.2) is 0 Å². The van der Waals surface area contributed by atoms with Gasteiger partial charge in [0.1, 0.15) is 0 Å². The molecule has 0 aromatic carbocycles. The summed E-state index contributed by atoms with van der Waals surface area (Å²) in [5.74, 6) is 0. The van der Waals surface area contributed by atoms with E-state index in [-0.39, 0.29) is 0 Å². The first kappa shape index (κ1) is 12.8. The van der Waals surface area contributed by atoms with Crippen molar-refractivity contribution in [1.29, 1.82) is 5.26 Å². The maximum atomic E-state index is 8.30. The highest BCUT2D eigenvalue weighted by atomic mass is 31.1. The van der Waals surface area contributed by atoms with Gasteiger partial charge < -0.3 is 4.52 Å². The van der Waals surface area contributed by atoms with Crippen LogP contribution in [0.15, 0.2) is 0 Å². The van der Waals surface area contributed by atoms with E-state index in [0.29, 0.717) is 28.0 Å². The lowest BCUT2D eigenvalue weighted by atomic mass is 10.3. The van der Waals surface area contributed by atoms with Crippen molar-refractivity contribution in [2.45, 2.75) is 39.7 Å². The largest absolute Gasteiger partial charge is 0.345 e. The number of rotatable bonds is 7. The molecule has 0 aromatic rings. The third-order valence-electron chi connectivity index (χ3n) is 1.96. The molecular weight excluding hydrogens is 183 g/mol. The van der Waals surface area contributed by atoms with Crippen LogP contribution in [0.1, 0.15) is 33.6 Å². The van der Waals surface area contributed by atoms with Crippen LogP contribution in [-0.4, -0.2) is 23.9 Å². The Balaban J connectivity index is 3.54. The van der Waals surface area contributed by atoms with Crippen LogP contribution in [0.2, 0.25) is 0 Å². The fraction of sp³-hybridized carbons (Fsp3) is 0.889. The van der Waals surface area contributed by atoms with Gasteiger partial charge in [-0.15, -0.1) is 0 Å². The van der Waals surface area contributed by atoms with E-state index >= 15 is 0 Å². The normalized spacial score (nSPS) is 13.8. The van der Waals surface area contributed by atoms with Gasteiger partial charge in [-0.05, 0) is 13.3 Å². The van der Waals surface area contributed by atoms with Crippen LogP contribution in [0.25, 0.3) is 0 Å². The molecule has 0 bridgehead atoms. The first-order valence-electron chi connectivity index (χ1n) is 4.77. The highest BCUT2D eigenvalue weighted by molar-refractivity contribution is 7.29. The maximum Gasteiger partial charge on any atom is 0.0892 e. The Kier molecular flexibility index (Phi) is 8.33. The van der Waals surface area contributed by atoms with Gasteiger partial charge in [0.15, 0.2) is 0 Å². The predicted molar refractivity (Wildman–Crippen MR) is 56.6 cm³/mol. The van der Waals surface area contributed by atoms with Crippen molar-refractivity contribution in [3.63, 3.8) is 0 Å². The van der Waals surface area contributed by atoms with Crippen LogP contribution in [0.5, 0.6) is 0 Å². The van der Waals surface area contributed by atoms with E-state index in [9.17, 15) is 0 Å². The summed E-state index contributed by atoms with van der Waals surface area (Å²) in [6, 6.07) is 2.64. The molecule has 4 heteroatoms. The van der Waals surface area contributed by atoms with Gasteiger partial charge in [0, 0.05) is 12.6 Å². The predicted octanol–water partition coefficient (Wildman–Crippen LogP) is 2.55. The summed E-state index contributed by atoms with van der Waals surface area (Å²) in [5, 5.41) is 8.30. The molecule has 0 aliphatic rings. The number of hydrogen-bond acceptors (Lipinski definition) is 3. The monoisotopic (exact) mass is 202 g/mol. The molecule has 0 spiro atoms. The first-order chi connectivity index (χ1) is 6.26. The van der Waals surface area contributed by atoms with E-state index in [1.165, 1.54) is 0 Å². The molecule has 13 heavy (non-hydrogen) atoms. The minimum atomic E-state index is 0.403. The van der Waals surface area contributed by atoms with Gasteiger partial charge in [0.25, 0.3) is 0 Å². The van der Waals surface area contributed by atoms with Gasteiger partial charge in [-0.2, -0.15) is 5.26 Å². The standard InChI is InChI=1S/C9H19N2OP/c1-4-9(3)11(5-2)13-12-8-6-7-10/h9,13H,4-6,8H2,1-3H3. The SMILES string of the molecule is CCC(C)N(CC)POCCC#N. The van der Waals surface area contributed by atoms with Crippen molar-refractivity contribution in [3.05, 3.63) is 0 Å². The van der Waals surface area contributed by atoms with Crippen molar-refractivity contribution in [1.82, 2.24) is 4.67 Å². The molecule has 2 atom stereocenters. The van der Waals surface area contributed by atoms with Crippen molar-refractivity contribution in [2.75, 3.05) is 13.2 Å². The summed E-state index contributed by atoms with van der Waals surface area (Å²) in [6.45, 7) is 8.08. The molecular formula is C9H19N2OP.